The van der Waals surface area contributed by atoms with Crippen LogP contribution in [-0.4, -0.2) is 41.0 Å². The molecule has 28 heavy (non-hydrogen) atoms. The summed E-state index contributed by atoms with van der Waals surface area (Å²) >= 11 is 3.17. The molecule has 0 aliphatic heterocycles. The lowest BCUT2D eigenvalue weighted by Gasteiger charge is -2.17. The molecule has 2 aromatic carbocycles. The third-order valence-electron chi connectivity index (χ3n) is 4.27. The minimum absolute atomic E-state index is 0.0403. The van der Waals surface area contributed by atoms with Gasteiger partial charge < -0.3 is 10.2 Å². The zero-order valence-electron chi connectivity index (χ0n) is 16.0. The number of fused-ring (bicyclic) bond motifs is 1. The van der Waals surface area contributed by atoms with Crippen molar-refractivity contribution >= 4 is 50.8 Å². The Kier molecular flexibility index (Phi) is 7.06. The van der Waals surface area contributed by atoms with E-state index in [2.05, 4.69) is 16.4 Å². The van der Waals surface area contributed by atoms with Gasteiger partial charge in [-0.15, -0.1) is 23.1 Å². The molecule has 2 amide bonds. The number of hydrogen-bond donors (Lipinski definition) is 1. The van der Waals surface area contributed by atoms with Gasteiger partial charge in [0.2, 0.25) is 11.8 Å². The molecule has 0 aliphatic rings. The number of anilines is 1. The molecule has 1 N–H and O–H groups in total. The monoisotopic (exact) mass is 413 g/mol. The molecule has 3 aromatic rings. The average molecular weight is 414 g/mol. The fourth-order valence-corrected chi connectivity index (χ4v) is 4.75. The summed E-state index contributed by atoms with van der Waals surface area (Å²) in [5.74, 6) is 0.762. The highest BCUT2D eigenvalue weighted by Gasteiger charge is 2.14. The zero-order valence-corrected chi connectivity index (χ0v) is 17.6. The first-order valence-electron chi connectivity index (χ1n) is 9.10. The molecule has 0 unspecified atom stereocenters. The van der Waals surface area contributed by atoms with Gasteiger partial charge in [-0.1, -0.05) is 37.3 Å². The molecule has 3 rings (SSSR count). The first-order valence-corrected chi connectivity index (χ1v) is 11.1. The van der Waals surface area contributed by atoms with Crippen LogP contribution < -0.4 is 5.32 Å². The Morgan fingerprint density at radius 2 is 1.89 bits per heavy atom. The number of para-hydroxylation sites is 2. The number of carbonyl (C=O) groups is 2. The molecule has 5 nitrogen and oxygen atoms in total. The lowest BCUT2D eigenvalue weighted by atomic mass is 10.1. The minimum atomic E-state index is -0.187. The second-order valence-corrected chi connectivity index (χ2v) is 8.48. The third kappa shape index (κ3) is 5.33. The molecular weight excluding hydrogens is 390 g/mol. The van der Waals surface area contributed by atoms with Gasteiger partial charge in [-0.3, -0.25) is 9.59 Å². The van der Waals surface area contributed by atoms with Crippen LogP contribution in [0.15, 0.2) is 48.5 Å². The maximum atomic E-state index is 12.3. The van der Waals surface area contributed by atoms with Crippen molar-refractivity contribution in [3.63, 3.8) is 0 Å². The van der Waals surface area contributed by atoms with Gasteiger partial charge in [0.25, 0.3) is 0 Å². The molecular formula is C21H23N3O2S2. The highest BCUT2D eigenvalue weighted by Crippen LogP contribution is 2.24. The van der Waals surface area contributed by atoms with Crippen molar-refractivity contribution in [3.8, 4) is 0 Å². The zero-order chi connectivity index (χ0) is 19.9. The summed E-state index contributed by atoms with van der Waals surface area (Å²) in [7, 11) is 1.66. The van der Waals surface area contributed by atoms with Gasteiger partial charge >= 0.3 is 0 Å². The van der Waals surface area contributed by atoms with Crippen molar-refractivity contribution in [3.05, 3.63) is 59.1 Å². The van der Waals surface area contributed by atoms with Crippen molar-refractivity contribution < 1.29 is 9.59 Å². The number of carbonyl (C=O) groups excluding carboxylic acids is 2. The maximum Gasteiger partial charge on any atom is 0.243 e. The number of aryl methyl sites for hydroxylation is 1. The predicted molar refractivity (Wildman–Crippen MR) is 118 cm³/mol. The third-order valence-corrected chi connectivity index (χ3v) is 6.42. The van der Waals surface area contributed by atoms with Crippen molar-refractivity contribution in [1.82, 2.24) is 9.88 Å². The number of likely N-dealkylation sites (N-methyl/N-ethyl adjacent to an activating group) is 1. The molecule has 0 fully saturated rings. The molecule has 1 heterocycles. The molecule has 0 spiro atoms. The Labute approximate surface area is 173 Å². The van der Waals surface area contributed by atoms with Gasteiger partial charge in [0.05, 0.1) is 22.5 Å². The van der Waals surface area contributed by atoms with Gasteiger partial charge in [-0.25, -0.2) is 4.98 Å². The van der Waals surface area contributed by atoms with Crippen LogP contribution in [0.5, 0.6) is 0 Å². The maximum absolute atomic E-state index is 12.3. The van der Waals surface area contributed by atoms with Crippen LogP contribution in [0, 0.1) is 0 Å². The molecule has 0 saturated heterocycles. The normalized spacial score (nSPS) is 10.8. The van der Waals surface area contributed by atoms with Crippen molar-refractivity contribution in [1.29, 1.82) is 0 Å². The smallest absolute Gasteiger partial charge is 0.243 e. The second-order valence-electron chi connectivity index (χ2n) is 6.38. The Morgan fingerprint density at radius 3 is 2.68 bits per heavy atom. The van der Waals surface area contributed by atoms with Crippen LogP contribution in [0.25, 0.3) is 10.2 Å². The lowest BCUT2D eigenvalue weighted by molar-refractivity contribution is -0.131. The number of rotatable bonds is 8. The van der Waals surface area contributed by atoms with E-state index >= 15 is 0 Å². The number of nitrogens with one attached hydrogen (secondary N) is 1. The van der Waals surface area contributed by atoms with E-state index in [4.69, 9.17) is 0 Å². The number of thiazole rings is 1. The molecule has 146 valence electrons. The van der Waals surface area contributed by atoms with E-state index in [1.807, 2.05) is 49.4 Å². The summed E-state index contributed by atoms with van der Waals surface area (Å²) in [6.45, 7) is 2.09. The number of aromatic nitrogens is 1. The molecule has 1 aromatic heterocycles. The predicted octanol–water partition coefficient (Wildman–Crippen LogP) is 4.19. The molecule has 7 heteroatoms. The molecule has 0 aliphatic carbocycles. The fraction of sp³-hybridized carbons (Fsp3) is 0.286. The van der Waals surface area contributed by atoms with Crippen LogP contribution in [0.2, 0.25) is 0 Å². The Balaban J connectivity index is 1.45. The SMILES string of the molecule is CCc1ccccc1NC(=O)CN(C)C(=O)CSCc1nc2ccccc2s1. The number of nitrogens with zero attached hydrogens (tertiary/aromatic N) is 2. The van der Waals surface area contributed by atoms with Crippen LogP contribution in [0.3, 0.4) is 0 Å². The van der Waals surface area contributed by atoms with E-state index in [0.717, 1.165) is 32.9 Å². The first kappa shape index (κ1) is 20.4. The highest BCUT2D eigenvalue weighted by molar-refractivity contribution is 7.99. The fourth-order valence-electron chi connectivity index (χ4n) is 2.76. The molecule has 0 radical (unpaired) electrons. The van der Waals surface area contributed by atoms with Gasteiger partial charge in [0.15, 0.2) is 0 Å². The Hall–Kier alpha value is -2.38. The standard InChI is InChI=1S/C21H23N3O2S2/c1-3-15-8-4-5-9-16(15)22-19(25)12-24(2)21(26)14-27-13-20-23-17-10-6-7-11-18(17)28-20/h4-11H,3,12-14H2,1-2H3,(H,22,25). The Morgan fingerprint density at radius 1 is 1.14 bits per heavy atom. The van der Waals surface area contributed by atoms with Crippen molar-refractivity contribution in [2.75, 3.05) is 24.7 Å². The molecule has 0 atom stereocenters. The van der Waals surface area contributed by atoms with E-state index in [0.29, 0.717) is 11.5 Å². The number of thioether (sulfide) groups is 1. The Bertz CT molecular complexity index is 938. The van der Waals surface area contributed by atoms with Crippen molar-refractivity contribution in [2.45, 2.75) is 19.1 Å². The summed E-state index contributed by atoms with van der Waals surface area (Å²) in [5, 5.41) is 3.91. The highest BCUT2D eigenvalue weighted by atomic mass is 32.2. The van der Waals surface area contributed by atoms with Crippen LogP contribution >= 0.6 is 23.1 Å². The largest absolute Gasteiger partial charge is 0.336 e. The minimum Gasteiger partial charge on any atom is -0.336 e. The molecule has 0 saturated carbocycles. The number of benzene rings is 2. The van der Waals surface area contributed by atoms with Gasteiger partial charge in [0.1, 0.15) is 5.01 Å². The summed E-state index contributed by atoms with van der Waals surface area (Å²) < 4.78 is 1.16. The first-order chi connectivity index (χ1) is 13.6. The van der Waals surface area contributed by atoms with Crippen LogP contribution in [0.4, 0.5) is 5.69 Å². The summed E-state index contributed by atoms with van der Waals surface area (Å²) in [5.41, 5.74) is 2.88. The van der Waals surface area contributed by atoms with Crippen molar-refractivity contribution in [2.24, 2.45) is 0 Å². The summed E-state index contributed by atoms with van der Waals surface area (Å²) in [6, 6.07) is 15.7. The lowest BCUT2D eigenvalue weighted by Crippen LogP contribution is -2.36. The topological polar surface area (TPSA) is 62.3 Å². The number of amides is 2. The summed E-state index contributed by atoms with van der Waals surface area (Å²) in [4.78, 5) is 30.6. The second kappa shape index (κ2) is 9.71. The van der Waals surface area contributed by atoms with E-state index in [-0.39, 0.29) is 18.4 Å². The van der Waals surface area contributed by atoms with E-state index in [1.54, 1.807) is 18.4 Å². The van der Waals surface area contributed by atoms with Gasteiger partial charge in [0, 0.05) is 18.5 Å². The number of hydrogen-bond acceptors (Lipinski definition) is 5. The van der Waals surface area contributed by atoms with Crippen LogP contribution in [0.1, 0.15) is 17.5 Å². The van der Waals surface area contributed by atoms with Gasteiger partial charge in [-0.2, -0.15) is 0 Å². The van der Waals surface area contributed by atoms with E-state index in [1.165, 1.54) is 16.7 Å². The average Bonchev–Trinajstić information content (AvgIpc) is 3.11. The molecule has 0 bridgehead atoms. The van der Waals surface area contributed by atoms with Crippen LogP contribution in [-0.2, 0) is 21.8 Å². The van der Waals surface area contributed by atoms with E-state index < -0.39 is 0 Å². The van der Waals surface area contributed by atoms with Gasteiger partial charge in [-0.05, 0) is 30.2 Å². The quantitative estimate of drug-likeness (QED) is 0.601. The van der Waals surface area contributed by atoms with E-state index in [9.17, 15) is 9.59 Å². The summed E-state index contributed by atoms with van der Waals surface area (Å²) in [6.07, 6.45) is 0.841.